The molecule has 3 aromatic rings. The highest BCUT2D eigenvalue weighted by atomic mass is 16.5. The van der Waals surface area contributed by atoms with E-state index >= 15 is 0 Å². The van der Waals surface area contributed by atoms with Crippen LogP contribution >= 0.6 is 0 Å². The van der Waals surface area contributed by atoms with Crippen molar-refractivity contribution in [3.8, 4) is 0 Å². The molecule has 0 aromatic heterocycles. The van der Waals surface area contributed by atoms with Gasteiger partial charge in [-0.3, -0.25) is 10.1 Å². The fraction of sp³-hybridized carbons (Fsp3) is 0.192. The summed E-state index contributed by atoms with van der Waals surface area (Å²) in [7, 11) is 0. The lowest BCUT2D eigenvalue weighted by Gasteiger charge is -2.19. The third-order valence-electron chi connectivity index (χ3n) is 5.63. The van der Waals surface area contributed by atoms with Gasteiger partial charge in [0.1, 0.15) is 6.61 Å². The molecule has 9 heteroatoms. The molecule has 1 unspecified atom stereocenters. The van der Waals surface area contributed by atoms with E-state index in [0.717, 1.165) is 24.2 Å². The molecule has 3 amide bonds. The van der Waals surface area contributed by atoms with Crippen LogP contribution in [-0.4, -0.2) is 42.3 Å². The highest BCUT2D eigenvalue weighted by Crippen LogP contribution is 2.24. The second-order valence-electron chi connectivity index (χ2n) is 8.11. The first-order valence-electron chi connectivity index (χ1n) is 11.2. The standard InChI is InChI=1S/C26H26N4O5/c31-24(28-22-8-4-5-9-23(22)29-25(32)33)19-10-12-21(13-11-19)30-15-14-20(16-30)27-26(34)35-17-18-6-2-1-3-7-18/h1-13,20,29H,14-17H2,(H,27,34)(H,28,31)(H,32,33). The first kappa shape index (κ1) is 23.6. The maximum Gasteiger partial charge on any atom is 0.409 e. The lowest BCUT2D eigenvalue weighted by atomic mass is 10.1. The summed E-state index contributed by atoms with van der Waals surface area (Å²) in [5.41, 5.74) is 2.98. The van der Waals surface area contributed by atoms with E-state index in [1.54, 1.807) is 36.4 Å². The van der Waals surface area contributed by atoms with Gasteiger partial charge < -0.3 is 25.4 Å². The van der Waals surface area contributed by atoms with Crippen molar-refractivity contribution in [2.75, 3.05) is 28.6 Å². The second kappa shape index (κ2) is 11.1. The van der Waals surface area contributed by atoms with Crippen molar-refractivity contribution >= 4 is 35.2 Å². The molecule has 1 fully saturated rings. The first-order valence-corrected chi connectivity index (χ1v) is 11.2. The van der Waals surface area contributed by atoms with Crippen LogP contribution < -0.4 is 20.9 Å². The Hall–Kier alpha value is -4.53. The van der Waals surface area contributed by atoms with Crippen LogP contribution in [0, 0.1) is 0 Å². The molecular formula is C26H26N4O5. The number of alkyl carbamates (subject to hydrolysis) is 1. The molecule has 0 spiro atoms. The molecule has 1 atom stereocenters. The van der Waals surface area contributed by atoms with Gasteiger partial charge in [0.05, 0.1) is 17.4 Å². The number of anilines is 3. The predicted molar refractivity (Wildman–Crippen MR) is 133 cm³/mol. The SMILES string of the molecule is O=C(O)Nc1ccccc1NC(=O)c1ccc(N2CCC(NC(=O)OCc3ccccc3)C2)cc1. The Morgan fingerprint density at radius 3 is 2.23 bits per heavy atom. The monoisotopic (exact) mass is 474 g/mol. The van der Waals surface area contributed by atoms with E-state index in [9.17, 15) is 14.4 Å². The molecule has 0 saturated carbocycles. The third-order valence-corrected chi connectivity index (χ3v) is 5.63. The van der Waals surface area contributed by atoms with Gasteiger partial charge in [-0.2, -0.15) is 0 Å². The molecular weight excluding hydrogens is 448 g/mol. The summed E-state index contributed by atoms with van der Waals surface area (Å²) in [4.78, 5) is 37.9. The molecule has 180 valence electrons. The van der Waals surface area contributed by atoms with Crippen LogP contribution in [0.1, 0.15) is 22.3 Å². The number of para-hydroxylation sites is 2. The van der Waals surface area contributed by atoms with Gasteiger partial charge in [0.25, 0.3) is 5.91 Å². The summed E-state index contributed by atoms with van der Waals surface area (Å²) in [5, 5.41) is 16.9. The van der Waals surface area contributed by atoms with Gasteiger partial charge in [0.2, 0.25) is 0 Å². The number of carbonyl (C=O) groups is 3. The Labute approximate surface area is 202 Å². The molecule has 35 heavy (non-hydrogen) atoms. The van der Waals surface area contributed by atoms with E-state index in [1.165, 1.54) is 0 Å². The number of nitrogens with zero attached hydrogens (tertiary/aromatic N) is 1. The van der Waals surface area contributed by atoms with Crippen molar-refractivity contribution in [1.82, 2.24) is 5.32 Å². The number of hydrogen-bond donors (Lipinski definition) is 4. The smallest absolute Gasteiger partial charge is 0.409 e. The minimum Gasteiger partial charge on any atom is -0.465 e. The second-order valence-corrected chi connectivity index (χ2v) is 8.11. The Bertz CT molecular complexity index is 1180. The molecule has 0 radical (unpaired) electrons. The molecule has 1 aliphatic rings. The molecule has 9 nitrogen and oxygen atoms in total. The van der Waals surface area contributed by atoms with Crippen LogP contribution in [0.5, 0.6) is 0 Å². The summed E-state index contributed by atoms with van der Waals surface area (Å²) in [6.07, 6.45) is -0.861. The molecule has 1 saturated heterocycles. The Morgan fingerprint density at radius 2 is 1.54 bits per heavy atom. The fourth-order valence-electron chi connectivity index (χ4n) is 3.88. The van der Waals surface area contributed by atoms with E-state index in [4.69, 9.17) is 9.84 Å². The predicted octanol–water partition coefficient (Wildman–Crippen LogP) is 4.53. The first-order chi connectivity index (χ1) is 17.0. The molecule has 3 aromatic carbocycles. The zero-order chi connectivity index (χ0) is 24.6. The minimum absolute atomic E-state index is 0.0283. The number of rotatable bonds is 7. The maximum absolute atomic E-state index is 12.7. The minimum atomic E-state index is -1.21. The van der Waals surface area contributed by atoms with Gasteiger partial charge >= 0.3 is 12.2 Å². The number of hydrogen-bond acceptors (Lipinski definition) is 5. The van der Waals surface area contributed by atoms with Gasteiger partial charge in [0, 0.05) is 24.3 Å². The number of ether oxygens (including phenoxy) is 1. The van der Waals surface area contributed by atoms with Crippen LogP contribution in [-0.2, 0) is 11.3 Å². The number of nitrogens with one attached hydrogen (secondary N) is 3. The van der Waals surface area contributed by atoms with Gasteiger partial charge in [-0.05, 0) is 48.4 Å². The Balaban J connectivity index is 1.28. The van der Waals surface area contributed by atoms with Gasteiger partial charge in [-0.15, -0.1) is 0 Å². The Morgan fingerprint density at radius 1 is 0.886 bits per heavy atom. The third kappa shape index (κ3) is 6.50. The quantitative estimate of drug-likeness (QED) is 0.399. The zero-order valence-electron chi connectivity index (χ0n) is 18.9. The van der Waals surface area contributed by atoms with Crippen molar-refractivity contribution in [1.29, 1.82) is 0 Å². The summed E-state index contributed by atoms with van der Waals surface area (Å²) in [6.45, 7) is 1.63. The van der Waals surface area contributed by atoms with Crippen LogP contribution in [0.15, 0.2) is 78.9 Å². The van der Waals surface area contributed by atoms with E-state index < -0.39 is 12.2 Å². The molecule has 4 rings (SSSR count). The summed E-state index contributed by atoms with van der Waals surface area (Å²) >= 11 is 0. The average molecular weight is 475 g/mol. The Kier molecular flexibility index (Phi) is 7.47. The molecule has 4 N–H and O–H groups in total. The van der Waals surface area contributed by atoms with E-state index in [2.05, 4.69) is 20.9 Å². The average Bonchev–Trinajstić information content (AvgIpc) is 3.33. The van der Waals surface area contributed by atoms with Crippen LogP contribution in [0.4, 0.5) is 26.7 Å². The van der Waals surface area contributed by atoms with Crippen molar-refractivity contribution in [2.45, 2.75) is 19.1 Å². The van der Waals surface area contributed by atoms with Gasteiger partial charge in [-0.25, -0.2) is 9.59 Å². The lowest BCUT2D eigenvalue weighted by molar-refractivity contribution is 0.102. The molecule has 0 aliphatic carbocycles. The van der Waals surface area contributed by atoms with Crippen molar-refractivity contribution in [3.63, 3.8) is 0 Å². The van der Waals surface area contributed by atoms with Gasteiger partial charge in [-0.1, -0.05) is 42.5 Å². The summed E-state index contributed by atoms with van der Waals surface area (Å²) < 4.78 is 5.30. The molecule has 1 aliphatic heterocycles. The lowest BCUT2D eigenvalue weighted by Crippen LogP contribution is -2.37. The van der Waals surface area contributed by atoms with Crippen molar-refractivity contribution in [2.24, 2.45) is 0 Å². The van der Waals surface area contributed by atoms with Crippen LogP contribution in [0.2, 0.25) is 0 Å². The van der Waals surface area contributed by atoms with E-state index in [-0.39, 0.29) is 18.6 Å². The van der Waals surface area contributed by atoms with Crippen LogP contribution in [0.25, 0.3) is 0 Å². The maximum atomic E-state index is 12.7. The van der Waals surface area contributed by atoms with Crippen molar-refractivity contribution in [3.05, 3.63) is 90.0 Å². The van der Waals surface area contributed by atoms with Crippen molar-refractivity contribution < 1.29 is 24.2 Å². The van der Waals surface area contributed by atoms with E-state index in [0.29, 0.717) is 23.5 Å². The summed E-state index contributed by atoms with van der Waals surface area (Å²) in [5.74, 6) is -0.349. The molecule has 0 bridgehead atoms. The molecule has 1 heterocycles. The van der Waals surface area contributed by atoms with Gasteiger partial charge in [0.15, 0.2) is 0 Å². The number of carboxylic acid groups (broad SMARTS) is 1. The topological polar surface area (TPSA) is 120 Å². The number of carbonyl (C=O) groups excluding carboxylic acids is 2. The normalized spacial score (nSPS) is 14.7. The highest BCUT2D eigenvalue weighted by molar-refractivity contribution is 6.06. The van der Waals surface area contributed by atoms with Crippen LogP contribution in [0.3, 0.4) is 0 Å². The fourth-order valence-corrected chi connectivity index (χ4v) is 3.88. The number of benzene rings is 3. The van der Waals surface area contributed by atoms with E-state index in [1.807, 2.05) is 42.5 Å². The zero-order valence-corrected chi connectivity index (χ0v) is 18.9. The highest BCUT2D eigenvalue weighted by Gasteiger charge is 2.25. The number of amides is 3. The largest absolute Gasteiger partial charge is 0.465 e. The summed E-state index contributed by atoms with van der Waals surface area (Å²) in [6, 6.07) is 23.2.